The van der Waals surface area contributed by atoms with Crippen molar-refractivity contribution in [3.05, 3.63) is 100 Å². The Morgan fingerprint density at radius 3 is 2.43 bits per heavy atom. The van der Waals surface area contributed by atoms with Crippen LogP contribution in [0.15, 0.2) is 77.6 Å². The molecule has 7 heteroatoms. The first kappa shape index (κ1) is 24.2. The van der Waals surface area contributed by atoms with Crippen LogP contribution in [-0.4, -0.2) is 47.7 Å². The first-order valence-electron chi connectivity index (χ1n) is 11.5. The average molecular weight is 472 g/mol. The maximum atomic E-state index is 13.8. The molecule has 0 spiro atoms. The fourth-order valence-corrected chi connectivity index (χ4v) is 4.25. The molecular formula is C28H29N3O4. The van der Waals surface area contributed by atoms with Gasteiger partial charge in [0.2, 0.25) is 0 Å². The van der Waals surface area contributed by atoms with E-state index in [9.17, 15) is 9.59 Å². The molecule has 4 rings (SSSR count). The first-order valence-corrected chi connectivity index (χ1v) is 11.5. The lowest BCUT2D eigenvalue weighted by Gasteiger charge is -2.31. The van der Waals surface area contributed by atoms with Gasteiger partial charge in [-0.15, -0.1) is 0 Å². The van der Waals surface area contributed by atoms with E-state index in [2.05, 4.69) is 0 Å². The normalized spacial score (nSPS) is 11.9. The summed E-state index contributed by atoms with van der Waals surface area (Å²) in [7, 11) is 3.16. The Morgan fingerprint density at radius 1 is 1.00 bits per heavy atom. The lowest BCUT2D eigenvalue weighted by molar-refractivity contribution is 0.0604. The van der Waals surface area contributed by atoms with Crippen LogP contribution < -0.4 is 10.3 Å². The highest BCUT2D eigenvalue weighted by Gasteiger charge is 2.28. The molecule has 0 N–H and O–H groups in total. The van der Waals surface area contributed by atoms with E-state index in [0.717, 1.165) is 5.56 Å². The summed E-state index contributed by atoms with van der Waals surface area (Å²) in [5.74, 6) is 0.826. The number of fused-ring (bicyclic) bond motifs is 1. The van der Waals surface area contributed by atoms with E-state index < -0.39 is 6.04 Å². The van der Waals surface area contributed by atoms with E-state index in [4.69, 9.17) is 14.5 Å². The third-order valence-corrected chi connectivity index (χ3v) is 6.14. The molecule has 35 heavy (non-hydrogen) atoms. The number of para-hydroxylation sites is 3. The minimum Gasteiger partial charge on any atom is -0.495 e. The number of amides is 1. The van der Waals surface area contributed by atoms with E-state index in [-0.39, 0.29) is 11.5 Å². The van der Waals surface area contributed by atoms with Crippen molar-refractivity contribution < 1.29 is 14.3 Å². The molecule has 180 valence electrons. The summed E-state index contributed by atoms with van der Waals surface area (Å²) in [6, 6.07) is 21.4. The second-order valence-corrected chi connectivity index (χ2v) is 8.28. The highest BCUT2D eigenvalue weighted by atomic mass is 16.5. The summed E-state index contributed by atoms with van der Waals surface area (Å²) in [5, 5.41) is 0.489. The molecule has 0 saturated heterocycles. The number of hydrogen-bond acceptors (Lipinski definition) is 5. The van der Waals surface area contributed by atoms with Crippen molar-refractivity contribution in [1.82, 2.24) is 14.5 Å². The summed E-state index contributed by atoms with van der Waals surface area (Å²) in [4.78, 5) is 34.1. The van der Waals surface area contributed by atoms with Crippen molar-refractivity contribution in [2.24, 2.45) is 0 Å². The van der Waals surface area contributed by atoms with Gasteiger partial charge < -0.3 is 14.4 Å². The molecular weight excluding hydrogens is 442 g/mol. The standard InChI is InChI=1S/C28H29N3O4/c1-19-11-5-6-12-21(19)27(32)30(17-18-34-3)20(2)26-29-23-14-8-7-13-22(23)28(33)31(26)24-15-9-10-16-25(24)35-4/h5-16,20H,17-18H2,1-4H3. The third-order valence-electron chi connectivity index (χ3n) is 6.14. The number of methoxy groups -OCH3 is 2. The monoisotopic (exact) mass is 471 g/mol. The van der Waals surface area contributed by atoms with E-state index in [1.807, 2.05) is 74.5 Å². The largest absolute Gasteiger partial charge is 0.495 e. The summed E-state index contributed by atoms with van der Waals surface area (Å²) < 4.78 is 12.4. The number of ether oxygens (including phenoxy) is 2. The second kappa shape index (κ2) is 10.5. The van der Waals surface area contributed by atoms with Gasteiger partial charge in [0.1, 0.15) is 11.6 Å². The molecule has 3 aromatic carbocycles. The molecule has 1 unspecified atom stereocenters. The second-order valence-electron chi connectivity index (χ2n) is 8.28. The van der Waals surface area contributed by atoms with Crippen LogP contribution in [0.4, 0.5) is 0 Å². The molecule has 1 heterocycles. The molecule has 4 aromatic rings. The molecule has 1 atom stereocenters. The Bertz CT molecular complexity index is 1410. The lowest BCUT2D eigenvalue weighted by atomic mass is 10.1. The van der Waals surface area contributed by atoms with Gasteiger partial charge >= 0.3 is 0 Å². The van der Waals surface area contributed by atoms with Crippen LogP contribution in [0, 0.1) is 6.92 Å². The summed E-state index contributed by atoms with van der Waals surface area (Å²) >= 11 is 0. The molecule has 0 aliphatic rings. The Hall–Kier alpha value is -3.97. The fourth-order valence-electron chi connectivity index (χ4n) is 4.25. The van der Waals surface area contributed by atoms with Crippen molar-refractivity contribution >= 4 is 16.8 Å². The fraction of sp³-hybridized carbons (Fsp3) is 0.250. The van der Waals surface area contributed by atoms with Gasteiger partial charge in [0.15, 0.2) is 0 Å². The van der Waals surface area contributed by atoms with E-state index in [0.29, 0.717) is 46.9 Å². The quantitative estimate of drug-likeness (QED) is 0.377. The van der Waals surface area contributed by atoms with Crippen LogP contribution in [0.1, 0.15) is 34.7 Å². The van der Waals surface area contributed by atoms with E-state index in [1.54, 1.807) is 35.8 Å². The van der Waals surface area contributed by atoms with Crippen molar-refractivity contribution in [3.63, 3.8) is 0 Å². The van der Waals surface area contributed by atoms with Gasteiger partial charge in [-0.3, -0.25) is 14.2 Å². The van der Waals surface area contributed by atoms with Gasteiger partial charge in [0.25, 0.3) is 11.5 Å². The maximum Gasteiger partial charge on any atom is 0.266 e. The Morgan fingerprint density at radius 2 is 1.69 bits per heavy atom. The molecule has 0 saturated carbocycles. The minimum absolute atomic E-state index is 0.151. The van der Waals surface area contributed by atoms with Crippen molar-refractivity contribution in [3.8, 4) is 11.4 Å². The lowest BCUT2D eigenvalue weighted by Crippen LogP contribution is -2.39. The first-order chi connectivity index (χ1) is 17.0. The van der Waals surface area contributed by atoms with E-state index >= 15 is 0 Å². The highest BCUT2D eigenvalue weighted by molar-refractivity contribution is 5.96. The summed E-state index contributed by atoms with van der Waals surface area (Å²) in [6.45, 7) is 4.47. The smallest absolute Gasteiger partial charge is 0.266 e. The number of carbonyl (C=O) groups excluding carboxylic acids is 1. The third kappa shape index (κ3) is 4.68. The number of nitrogens with zero attached hydrogens (tertiary/aromatic N) is 3. The SMILES string of the molecule is COCCN(C(=O)c1ccccc1C)C(C)c1nc2ccccc2c(=O)n1-c1ccccc1OC. The van der Waals surface area contributed by atoms with Crippen LogP contribution >= 0.6 is 0 Å². The van der Waals surface area contributed by atoms with Crippen LogP contribution in [0.3, 0.4) is 0 Å². The average Bonchev–Trinajstić information content (AvgIpc) is 2.89. The number of carbonyl (C=O) groups is 1. The molecule has 7 nitrogen and oxygen atoms in total. The molecule has 0 aliphatic heterocycles. The van der Waals surface area contributed by atoms with Gasteiger partial charge in [0.05, 0.1) is 36.3 Å². The zero-order valence-electron chi connectivity index (χ0n) is 20.4. The van der Waals surface area contributed by atoms with Gasteiger partial charge in [-0.2, -0.15) is 0 Å². The summed E-state index contributed by atoms with van der Waals surface area (Å²) in [5.41, 5.74) is 2.38. The van der Waals surface area contributed by atoms with Crippen LogP contribution in [0.25, 0.3) is 16.6 Å². The number of rotatable bonds is 8. The van der Waals surface area contributed by atoms with Gasteiger partial charge in [-0.05, 0) is 49.7 Å². The number of aryl methyl sites for hydroxylation is 1. The van der Waals surface area contributed by atoms with E-state index in [1.165, 1.54) is 0 Å². The molecule has 0 fully saturated rings. The Balaban J connectivity index is 1.95. The molecule has 0 bridgehead atoms. The van der Waals surface area contributed by atoms with Crippen molar-refractivity contribution in [2.45, 2.75) is 19.9 Å². The molecule has 1 aromatic heterocycles. The molecule has 0 aliphatic carbocycles. The van der Waals surface area contributed by atoms with Crippen LogP contribution in [0.2, 0.25) is 0 Å². The van der Waals surface area contributed by atoms with Crippen molar-refractivity contribution in [1.29, 1.82) is 0 Å². The zero-order chi connectivity index (χ0) is 24.9. The summed E-state index contributed by atoms with van der Waals surface area (Å²) in [6.07, 6.45) is 0. The number of hydrogen-bond donors (Lipinski definition) is 0. The zero-order valence-corrected chi connectivity index (χ0v) is 20.4. The topological polar surface area (TPSA) is 73.7 Å². The number of aromatic nitrogens is 2. The Kier molecular flexibility index (Phi) is 7.27. The predicted molar refractivity (Wildman–Crippen MR) is 136 cm³/mol. The molecule has 1 amide bonds. The Labute approximate surface area is 204 Å². The van der Waals surface area contributed by atoms with Crippen molar-refractivity contribution in [2.75, 3.05) is 27.4 Å². The van der Waals surface area contributed by atoms with Crippen LogP contribution in [-0.2, 0) is 4.74 Å². The minimum atomic E-state index is -0.542. The van der Waals surface area contributed by atoms with Crippen LogP contribution in [0.5, 0.6) is 5.75 Å². The van der Waals surface area contributed by atoms with Gasteiger partial charge in [0, 0.05) is 19.2 Å². The predicted octanol–water partition coefficient (Wildman–Crippen LogP) is 4.55. The number of benzene rings is 3. The highest BCUT2D eigenvalue weighted by Crippen LogP contribution is 2.28. The molecule has 0 radical (unpaired) electrons. The van der Waals surface area contributed by atoms with Gasteiger partial charge in [-0.25, -0.2) is 4.98 Å². The van der Waals surface area contributed by atoms with Gasteiger partial charge in [-0.1, -0.05) is 42.5 Å². The maximum absolute atomic E-state index is 13.8.